The van der Waals surface area contributed by atoms with Crippen molar-refractivity contribution in [1.82, 2.24) is 4.90 Å². The van der Waals surface area contributed by atoms with Crippen LogP contribution in [0.15, 0.2) is 42.5 Å². The van der Waals surface area contributed by atoms with Crippen LogP contribution in [0, 0.1) is 12.7 Å². The summed E-state index contributed by atoms with van der Waals surface area (Å²) in [5.41, 5.74) is 2.40. The van der Waals surface area contributed by atoms with Crippen LogP contribution in [0.2, 0.25) is 5.02 Å². The predicted octanol–water partition coefficient (Wildman–Crippen LogP) is 3.37. The van der Waals surface area contributed by atoms with Crippen molar-refractivity contribution >= 4 is 17.3 Å². The standard InChI is InChI=1S/C22H28ClFN2O3/c1-17-2-3-18(23)14-22(17)26-10-8-25(9-11-26)15-20(27)16-28-12-13-29-21-6-4-19(24)5-7-21/h2-7,14,20,27H,8-13,15-16H2,1H3. The number of nitrogens with zero attached hydrogens (tertiary/aromatic N) is 2. The van der Waals surface area contributed by atoms with Crippen LogP contribution in [-0.4, -0.2) is 68.7 Å². The highest BCUT2D eigenvalue weighted by molar-refractivity contribution is 6.30. The Morgan fingerprint density at radius 2 is 1.79 bits per heavy atom. The van der Waals surface area contributed by atoms with Gasteiger partial charge in [0.1, 0.15) is 18.2 Å². The van der Waals surface area contributed by atoms with Crippen LogP contribution in [0.25, 0.3) is 0 Å². The van der Waals surface area contributed by atoms with Gasteiger partial charge in [0.2, 0.25) is 0 Å². The molecule has 1 aliphatic heterocycles. The molecule has 2 aromatic rings. The lowest BCUT2D eigenvalue weighted by Crippen LogP contribution is -2.49. The smallest absolute Gasteiger partial charge is 0.123 e. The molecule has 1 heterocycles. The molecule has 1 atom stereocenters. The number of hydrogen-bond acceptors (Lipinski definition) is 5. The number of rotatable bonds is 9. The summed E-state index contributed by atoms with van der Waals surface area (Å²) in [6.07, 6.45) is -0.541. The van der Waals surface area contributed by atoms with Gasteiger partial charge < -0.3 is 19.5 Å². The number of halogens is 2. The third-order valence-corrected chi connectivity index (χ3v) is 5.21. The van der Waals surface area contributed by atoms with Gasteiger partial charge in [0, 0.05) is 43.4 Å². The second kappa shape index (κ2) is 10.8. The lowest BCUT2D eigenvalue weighted by atomic mass is 10.1. The number of aryl methyl sites for hydroxylation is 1. The van der Waals surface area contributed by atoms with Crippen molar-refractivity contribution in [2.45, 2.75) is 13.0 Å². The molecule has 2 aromatic carbocycles. The van der Waals surface area contributed by atoms with E-state index in [2.05, 4.69) is 16.7 Å². The molecule has 0 aliphatic carbocycles. The summed E-state index contributed by atoms with van der Waals surface area (Å²) in [5, 5.41) is 11.0. The molecule has 29 heavy (non-hydrogen) atoms. The van der Waals surface area contributed by atoms with Crippen molar-refractivity contribution in [2.75, 3.05) is 57.4 Å². The molecule has 158 valence electrons. The molecular formula is C22H28ClFN2O3. The van der Waals surface area contributed by atoms with Gasteiger partial charge >= 0.3 is 0 Å². The third-order valence-electron chi connectivity index (χ3n) is 4.97. The van der Waals surface area contributed by atoms with Gasteiger partial charge in [-0.25, -0.2) is 4.39 Å². The second-order valence-electron chi connectivity index (χ2n) is 7.25. The largest absolute Gasteiger partial charge is 0.491 e. The van der Waals surface area contributed by atoms with E-state index in [4.69, 9.17) is 21.1 Å². The highest BCUT2D eigenvalue weighted by Gasteiger charge is 2.20. The molecule has 1 fully saturated rings. The van der Waals surface area contributed by atoms with E-state index in [0.717, 1.165) is 31.2 Å². The zero-order valence-corrected chi connectivity index (χ0v) is 17.4. The fourth-order valence-electron chi connectivity index (χ4n) is 3.41. The summed E-state index contributed by atoms with van der Waals surface area (Å²) < 4.78 is 23.8. The topological polar surface area (TPSA) is 45.2 Å². The van der Waals surface area contributed by atoms with Gasteiger partial charge in [-0.2, -0.15) is 0 Å². The Morgan fingerprint density at radius 3 is 2.52 bits per heavy atom. The maximum atomic E-state index is 12.8. The molecular weight excluding hydrogens is 395 g/mol. The molecule has 0 radical (unpaired) electrons. The van der Waals surface area contributed by atoms with E-state index in [0.29, 0.717) is 25.5 Å². The summed E-state index contributed by atoms with van der Waals surface area (Å²) in [7, 11) is 0. The number of benzene rings is 2. The minimum Gasteiger partial charge on any atom is -0.491 e. The second-order valence-corrected chi connectivity index (χ2v) is 7.69. The molecule has 0 spiro atoms. The third kappa shape index (κ3) is 6.85. The summed E-state index contributed by atoms with van der Waals surface area (Å²) in [4.78, 5) is 4.59. The number of β-amino-alcohol motifs (C(OH)–C–C–N with tert-alkyl or cyclic N) is 1. The van der Waals surface area contributed by atoms with Crippen molar-refractivity contribution in [3.8, 4) is 5.75 Å². The Bertz CT molecular complexity index is 767. The van der Waals surface area contributed by atoms with E-state index in [1.54, 1.807) is 12.1 Å². The average Bonchev–Trinajstić information content (AvgIpc) is 2.71. The van der Waals surface area contributed by atoms with Gasteiger partial charge in [-0.05, 0) is 48.9 Å². The Labute approximate surface area is 176 Å². The van der Waals surface area contributed by atoms with Gasteiger partial charge in [-0.15, -0.1) is 0 Å². The summed E-state index contributed by atoms with van der Waals surface area (Å²) in [5.74, 6) is 0.309. The van der Waals surface area contributed by atoms with Crippen molar-refractivity contribution in [3.63, 3.8) is 0 Å². The molecule has 1 N–H and O–H groups in total. The number of aliphatic hydroxyl groups excluding tert-OH is 1. The van der Waals surface area contributed by atoms with Crippen LogP contribution in [-0.2, 0) is 4.74 Å². The van der Waals surface area contributed by atoms with Gasteiger partial charge in [0.05, 0.1) is 19.3 Å². The van der Waals surface area contributed by atoms with E-state index >= 15 is 0 Å². The lowest BCUT2D eigenvalue weighted by molar-refractivity contribution is 0.00717. The van der Waals surface area contributed by atoms with E-state index in [1.807, 2.05) is 18.2 Å². The van der Waals surface area contributed by atoms with E-state index in [-0.39, 0.29) is 12.4 Å². The molecule has 1 unspecified atom stereocenters. The molecule has 7 heteroatoms. The first-order valence-electron chi connectivity index (χ1n) is 9.89. The van der Waals surface area contributed by atoms with Gasteiger partial charge in [0.25, 0.3) is 0 Å². The zero-order chi connectivity index (χ0) is 20.6. The molecule has 3 rings (SSSR count). The van der Waals surface area contributed by atoms with Gasteiger partial charge in [-0.1, -0.05) is 17.7 Å². The fraction of sp³-hybridized carbons (Fsp3) is 0.455. The quantitative estimate of drug-likeness (QED) is 0.628. The fourth-order valence-corrected chi connectivity index (χ4v) is 3.58. The molecule has 1 saturated heterocycles. The van der Waals surface area contributed by atoms with E-state index in [1.165, 1.54) is 23.4 Å². The first-order valence-corrected chi connectivity index (χ1v) is 10.3. The minimum absolute atomic E-state index is 0.264. The molecule has 1 aliphatic rings. The number of hydrogen-bond donors (Lipinski definition) is 1. The Kier molecular flexibility index (Phi) is 8.12. The molecule has 0 bridgehead atoms. The van der Waals surface area contributed by atoms with Crippen molar-refractivity contribution < 1.29 is 19.0 Å². The SMILES string of the molecule is Cc1ccc(Cl)cc1N1CCN(CC(O)COCCOc2ccc(F)cc2)CC1. The number of anilines is 1. The van der Waals surface area contributed by atoms with Crippen molar-refractivity contribution in [3.05, 3.63) is 58.9 Å². The molecule has 0 aromatic heterocycles. The number of ether oxygens (including phenoxy) is 2. The first-order chi connectivity index (χ1) is 14.0. The average molecular weight is 423 g/mol. The summed E-state index contributed by atoms with van der Waals surface area (Å²) >= 11 is 6.14. The van der Waals surface area contributed by atoms with Crippen LogP contribution >= 0.6 is 11.6 Å². The maximum absolute atomic E-state index is 12.8. The predicted molar refractivity (Wildman–Crippen MR) is 114 cm³/mol. The lowest BCUT2D eigenvalue weighted by Gasteiger charge is -2.37. The van der Waals surface area contributed by atoms with E-state index < -0.39 is 6.10 Å². The van der Waals surface area contributed by atoms with Crippen LogP contribution in [0.3, 0.4) is 0 Å². The van der Waals surface area contributed by atoms with Crippen LogP contribution in [0.5, 0.6) is 5.75 Å². The minimum atomic E-state index is -0.541. The van der Waals surface area contributed by atoms with Crippen LogP contribution < -0.4 is 9.64 Å². The Morgan fingerprint density at radius 1 is 1.07 bits per heavy atom. The molecule has 0 saturated carbocycles. The number of aliphatic hydroxyl groups is 1. The maximum Gasteiger partial charge on any atom is 0.123 e. The van der Waals surface area contributed by atoms with Crippen LogP contribution in [0.4, 0.5) is 10.1 Å². The number of piperazine rings is 1. The highest BCUT2D eigenvalue weighted by Crippen LogP contribution is 2.25. The van der Waals surface area contributed by atoms with Gasteiger partial charge in [-0.3, -0.25) is 4.90 Å². The Hall–Kier alpha value is -1.86. The monoisotopic (exact) mass is 422 g/mol. The molecule has 0 amide bonds. The first kappa shape index (κ1) is 21.8. The molecule has 5 nitrogen and oxygen atoms in total. The summed E-state index contributed by atoms with van der Waals surface area (Å²) in [6.45, 7) is 7.25. The van der Waals surface area contributed by atoms with Crippen molar-refractivity contribution in [2.24, 2.45) is 0 Å². The zero-order valence-electron chi connectivity index (χ0n) is 16.7. The summed E-state index contributed by atoms with van der Waals surface area (Å²) in [6, 6.07) is 11.8. The van der Waals surface area contributed by atoms with Crippen LogP contribution in [0.1, 0.15) is 5.56 Å². The Balaban J connectivity index is 1.31. The van der Waals surface area contributed by atoms with Gasteiger partial charge in [0.15, 0.2) is 0 Å². The van der Waals surface area contributed by atoms with Crippen molar-refractivity contribution in [1.29, 1.82) is 0 Å². The highest BCUT2D eigenvalue weighted by atomic mass is 35.5. The normalized spacial score (nSPS) is 16.1. The van der Waals surface area contributed by atoms with E-state index in [9.17, 15) is 9.50 Å².